The van der Waals surface area contributed by atoms with Gasteiger partial charge >= 0.3 is 5.97 Å². The monoisotopic (exact) mass is 396 g/mol. The molecule has 1 aliphatic heterocycles. The number of aromatic carboxylic acids is 1. The van der Waals surface area contributed by atoms with Crippen LogP contribution in [0.5, 0.6) is 17.2 Å². The Morgan fingerprint density at radius 3 is 2.38 bits per heavy atom. The van der Waals surface area contributed by atoms with E-state index in [0.717, 1.165) is 32.0 Å². The van der Waals surface area contributed by atoms with Crippen molar-refractivity contribution in [3.63, 3.8) is 0 Å². The smallest absolute Gasteiger partial charge is 0.337 e. The molecule has 1 saturated heterocycles. The number of carboxylic acids is 1. The summed E-state index contributed by atoms with van der Waals surface area (Å²) in [5, 5.41) is 40.2. The van der Waals surface area contributed by atoms with Gasteiger partial charge in [0, 0.05) is 12.3 Å². The number of phenolic OH excluding ortho intramolecular Hbond substituents is 3. The largest absolute Gasteiger partial charge is 0.507 e. The molecule has 2 aromatic carbocycles. The number of hydrogen-bond donors (Lipinski definition) is 4. The highest BCUT2D eigenvalue weighted by Crippen LogP contribution is 2.35. The first-order valence-corrected chi connectivity index (χ1v) is 9.18. The Morgan fingerprint density at radius 2 is 1.69 bits per heavy atom. The first-order valence-electron chi connectivity index (χ1n) is 9.18. The van der Waals surface area contributed by atoms with Gasteiger partial charge < -0.3 is 25.3 Å². The number of piperidine rings is 1. The molecule has 0 spiro atoms. The SMILES string of the molecule is CN1CCC(N=Cc2c(O)cc(O)c3nc4c(C(=O)O)ccc(O)c4nc23)CC1. The summed E-state index contributed by atoms with van der Waals surface area (Å²) in [5.41, 5.74) is 0.172. The fraction of sp³-hybridized carbons (Fsp3) is 0.300. The summed E-state index contributed by atoms with van der Waals surface area (Å²) in [6.07, 6.45) is 3.29. The van der Waals surface area contributed by atoms with Crippen molar-refractivity contribution >= 4 is 34.3 Å². The van der Waals surface area contributed by atoms with Crippen LogP contribution in [-0.2, 0) is 0 Å². The van der Waals surface area contributed by atoms with Crippen molar-refractivity contribution in [1.29, 1.82) is 0 Å². The molecule has 1 aliphatic rings. The number of aliphatic imine (C=N–C) groups is 1. The topological polar surface area (TPSA) is 139 Å². The molecule has 1 fully saturated rings. The minimum absolute atomic E-state index is 0.0215. The first-order chi connectivity index (χ1) is 13.8. The lowest BCUT2D eigenvalue weighted by atomic mass is 10.1. The van der Waals surface area contributed by atoms with Crippen LogP contribution in [0.1, 0.15) is 28.8 Å². The molecule has 0 saturated carbocycles. The van der Waals surface area contributed by atoms with E-state index < -0.39 is 5.97 Å². The maximum Gasteiger partial charge on any atom is 0.337 e. The Balaban J connectivity index is 1.90. The second-order valence-corrected chi connectivity index (χ2v) is 7.20. The molecule has 0 bridgehead atoms. The lowest BCUT2D eigenvalue weighted by Crippen LogP contribution is -2.32. The molecular weight excluding hydrogens is 376 g/mol. The normalized spacial score (nSPS) is 16.2. The first kappa shape index (κ1) is 18.9. The Labute approximate surface area is 165 Å². The Morgan fingerprint density at radius 1 is 1.03 bits per heavy atom. The van der Waals surface area contributed by atoms with E-state index >= 15 is 0 Å². The molecule has 0 aliphatic carbocycles. The molecule has 4 N–H and O–H groups in total. The number of carboxylic acid groups (broad SMARTS) is 1. The van der Waals surface area contributed by atoms with Gasteiger partial charge in [-0.05, 0) is 45.1 Å². The molecule has 4 rings (SSSR count). The van der Waals surface area contributed by atoms with Gasteiger partial charge in [0.1, 0.15) is 39.3 Å². The maximum atomic E-state index is 11.5. The molecule has 0 unspecified atom stereocenters. The molecule has 9 heteroatoms. The van der Waals surface area contributed by atoms with Crippen LogP contribution in [-0.4, -0.2) is 73.7 Å². The molecule has 3 aromatic rings. The van der Waals surface area contributed by atoms with Crippen molar-refractivity contribution in [2.45, 2.75) is 18.9 Å². The van der Waals surface area contributed by atoms with E-state index in [1.54, 1.807) is 0 Å². The van der Waals surface area contributed by atoms with Crippen LogP contribution in [0.3, 0.4) is 0 Å². The van der Waals surface area contributed by atoms with Crippen LogP contribution >= 0.6 is 0 Å². The number of nitrogens with zero attached hydrogens (tertiary/aromatic N) is 4. The minimum Gasteiger partial charge on any atom is -0.507 e. The molecule has 0 radical (unpaired) electrons. The third kappa shape index (κ3) is 3.40. The number of aromatic hydroxyl groups is 3. The Kier molecular flexibility index (Phi) is 4.67. The fourth-order valence-electron chi connectivity index (χ4n) is 3.51. The summed E-state index contributed by atoms with van der Waals surface area (Å²) < 4.78 is 0. The van der Waals surface area contributed by atoms with Crippen molar-refractivity contribution in [2.75, 3.05) is 20.1 Å². The van der Waals surface area contributed by atoms with Gasteiger partial charge in [0.25, 0.3) is 0 Å². The van der Waals surface area contributed by atoms with E-state index in [2.05, 4.69) is 26.9 Å². The standard InChI is InChI=1S/C20H20N4O5/c1-24-6-4-10(5-7-24)21-9-12-14(26)8-15(27)19-17(12)23-18-13(25)3-2-11(20(28)29)16(18)22-19/h2-3,8-10,25-27H,4-7H2,1H3,(H,28,29). The average Bonchev–Trinajstić information content (AvgIpc) is 2.68. The van der Waals surface area contributed by atoms with Gasteiger partial charge in [0.15, 0.2) is 0 Å². The zero-order chi connectivity index (χ0) is 20.7. The van der Waals surface area contributed by atoms with Crippen LogP contribution in [0, 0.1) is 0 Å². The summed E-state index contributed by atoms with van der Waals surface area (Å²) in [4.78, 5) is 26.8. The van der Waals surface area contributed by atoms with E-state index in [4.69, 9.17) is 0 Å². The average molecular weight is 396 g/mol. The number of hydrogen-bond acceptors (Lipinski definition) is 8. The van der Waals surface area contributed by atoms with Gasteiger partial charge in [-0.25, -0.2) is 14.8 Å². The summed E-state index contributed by atoms with van der Waals surface area (Å²) >= 11 is 0. The Bertz CT molecular complexity index is 1150. The van der Waals surface area contributed by atoms with Gasteiger partial charge in [-0.15, -0.1) is 0 Å². The molecule has 2 heterocycles. The van der Waals surface area contributed by atoms with Gasteiger partial charge in [-0.2, -0.15) is 0 Å². The van der Waals surface area contributed by atoms with Crippen LogP contribution in [0.15, 0.2) is 23.2 Å². The van der Waals surface area contributed by atoms with Crippen LogP contribution in [0.25, 0.3) is 22.1 Å². The lowest BCUT2D eigenvalue weighted by Gasteiger charge is -2.26. The van der Waals surface area contributed by atoms with Gasteiger partial charge in [0.05, 0.1) is 17.2 Å². The van der Waals surface area contributed by atoms with Crippen molar-refractivity contribution < 1.29 is 25.2 Å². The molecule has 0 atom stereocenters. The van der Waals surface area contributed by atoms with E-state index in [9.17, 15) is 25.2 Å². The molecule has 9 nitrogen and oxygen atoms in total. The quantitative estimate of drug-likeness (QED) is 0.390. The molecule has 0 amide bonds. The highest BCUT2D eigenvalue weighted by Gasteiger charge is 2.20. The molecule has 1 aromatic heterocycles. The van der Waals surface area contributed by atoms with Gasteiger partial charge in [-0.1, -0.05) is 0 Å². The number of likely N-dealkylation sites (tertiary alicyclic amines) is 1. The lowest BCUT2D eigenvalue weighted by molar-refractivity contribution is 0.0699. The summed E-state index contributed by atoms with van der Waals surface area (Å²) in [6, 6.07) is 3.68. The Hall–Kier alpha value is -3.46. The van der Waals surface area contributed by atoms with E-state index in [0.29, 0.717) is 0 Å². The summed E-state index contributed by atoms with van der Waals surface area (Å²) in [7, 11) is 2.05. The molecule has 150 valence electrons. The van der Waals surface area contributed by atoms with Crippen molar-refractivity contribution in [2.24, 2.45) is 4.99 Å². The van der Waals surface area contributed by atoms with Crippen molar-refractivity contribution in [3.8, 4) is 17.2 Å². The molecule has 29 heavy (non-hydrogen) atoms. The van der Waals surface area contributed by atoms with Gasteiger partial charge in [0.2, 0.25) is 0 Å². The number of fused-ring (bicyclic) bond motifs is 2. The van der Waals surface area contributed by atoms with E-state index in [1.807, 2.05) is 0 Å². The fourth-order valence-corrected chi connectivity index (χ4v) is 3.51. The maximum absolute atomic E-state index is 11.5. The van der Waals surface area contributed by atoms with Crippen LogP contribution in [0.4, 0.5) is 0 Å². The zero-order valence-electron chi connectivity index (χ0n) is 15.7. The van der Waals surface area contributed by atoms with Crippen LogP contribution < -0.4 is 0 Å². The summed E-state index contributed by atoms with van der Waals surface area (Å²) in [5.74, 6) is -2.05. The van der Waals surface area contributed by atoms with E-state index in [-0.39, 0.29) is 56.5 Å². The van der Waals surface area contributed by atoms with E-state index in [1.165, 1.54) is 18.3 Å². The number of rotatable bonds is 3. The number of benzene rings is 2. The van der Waals surface area contributed by atoms with Gasteiger partial charge in [-0.3, -0.25) is 4.99 Å². The second-order valence-electron chi connectivity index (χ2n) is 7.20. The highest BCUT2D eigenvalue weighted by atomic mass is 16.4. The van der Waals surface area contributed by atoms with Crippen molar-refractivity contribution in [1.82, 2.24) is 14.9 Å². The zero-order valence-corrected chi connectivity index (χ0v) is 15.7. The van der Waals surface area contributed by atoms with Crippen LogP contribution in [0.2, 0.25) is 0 Å². The van der Waals surface area contributed by atoms with Crippen molar-refractivity contribution in [3.05, 3.63) is 29.3 Å². The summed E-state index contributed by atoms with van der Waals surface area (Å²) in [6.45, 7) is 1.86. The molecular formula is C20H20N4O5. The second kappa shape index (κ2) is 7.17. The predicted octanol–water partition coefficient (Wildman–Crippen LogP) is 2.11. The predicted molar refractivity (Wildman–Crippen MR) is 107 cm³/mol. The number of carbonyl (C=O) groups is 1. The number of aromatic nitrogens is 2. The number of phenols is 3. The third-order valence-corrected chi connectivity index (χ3v) is 5.18. The highest BCUT2D eigenvalue weighted by molar-refractivity contribution is 6.08. The third-order valence-electron chi connectivity index (χ3n) is 5.18. The minimum atomic E-state index is -1.23.